The van der Waals surface area contributed by atoms with Crippen molar-refractivity contribution in [2.24, 2.45) is 16.8 Å². The van der Waals surface area contributed by atoms with Gasteiger partial charge in [0.25, 0.3) is 0 Å². The lowest BCUT2D eigenvalue weighted by Crippen LogP contribution is -2.66. The molecule has 0 aromatic carbocycles. The monoisotopic (exact) mass is 747 g/mol. The van der Waals surface area contributed by atoms with Gasteiger partial charge >= 0.3 is 0 Å². The summed E-state index contributed by atoms with van der Waals surface area (Å²) < 4.78 is 53.1. The molecule has 10 rings (SSSR count). The first kappa shape index (κ1) is 38.5. The zero-order valence-corrected chi connectivity index (χ0v) is 31.6. The number of ether oxygens (including phenoxy) is 8. The van der Waals surface area contributed by atoms with Crippen molar-refractivity contribution in [1.82, 2.24) is 0 Å². The number of aliphatic hydroxyl groups excluding tert-OH is 3. The summed E-state index contributed by atoms with van der Waals surface area (Å²) in [5, 5.41) is 31.4. The first-order valence-electron chi connectivity index (χ1n) is 20.3. The number of hydrogen-bond donors (Lipinski definition) is 3. The zero-order chi connectivity index (χ0) is 37.0. The summed E-state index contributed by atoms with van der Waals surface area (Å²) in [7, 11) is 3.30. The second-order valence-electron chi connectivity index (χ2n) is 17.2. The minimum absolute atomic E-state index is 0.0333. The molecule has 1 spiro atoms. The van der Waals surface area contributed by atoms with Crippen LogP contribution in [0.4, 0.5) is 0 Å². The third-order valence-corrected chi connectivity index (χ3v) is 13.6. The topological polar surface area (TPSA) is 164 Å². The van der Waals surface area contributed by atoms with Crippen molar-refractivity contribution < 1.29 is 58.0 Å². The van der Waals surface area contributed by atoms with Crippen LogP contribution in [0, 0.1) is 11.8 Å². The molecule has 10 heterocycles. The molecule has 298 valence electrons. The molecule has 6 fully saturated rings. The average molecular weight is 748 g/mol. The number of aliphatic imine (C=N–C) groups is 1. The molecule has 13 nitrogen and oxygen atoms in total. The Morgan fingerprint density at radius 1 is 0.849 bits per heavy atom. The summed E-state index contributed by atoms with van der Waals surface area (Å²) in [6.07, 6.45) is 2.18. The fourth-order valence-electron chi connectivity index (χ4n) is 11.1. The lowest BCUT2D eigenvalue weighted by atomic mass is 9.79. The van der Waals surface area contributed by atoms with E-state index >= 15 is 0 Å². The smallest absolute Gasteiger partial charge is 0.211 e. The molecule has 0 aliphatic carbocycles. The van der Waals surface area contributed by atoms with Crippen LogP contribution in [0.1, 0.15) is 96.8 Å². The van der Waals surface area contributed by atoms with Crippen LogP contribution in [0.2, 0.25) is 0 Å². The van der Waals surface area contributed by atoms with Crippen LogP contribution in [-0.4, -0.2) is 145 Å². The normalized spacial score (nSPS) is 49.5. The van der Waals surface area contributed by atoms with Crippen LogP contribution in [0.25, 0.3) is 0 Å². The van der Waals surface area contributed by atoms with E-state index < -0.39 is 72.9 Å². The Bertz CT molecular complexity index is 1350. The molecule has 13 heteroatoms. The van der Waals surface area contributed by atoms with Crippen LogP contribution in [0.15, 0.2) is 17.1 Å². The highest BCUT2D eigenvalue weighted by atomic mass is 16.6. The quantitative estimate of drug-likeness (QED) is 0.353. The standard InChI is InChI=1S/C40H61NO12/c1-20-11-24-5-6-26-16-29(45)39(50-26)34-18-36(46-3)40-35(52-34)10-8-27(53-40)13-22(43)14-28-31(51-33(38(28)47-4)15-23(44)19-42)17-32-37(41-40)21(2)12-25(49-32)7-9-30(20)48-24/h21,23-36,38-39,42,44-45H,1,5-19H2,2-4H3/t21-,23+,24+,25+,26-,27-,28+,29-,30+,31+,32-,33-,34-,35+,36-,38-,39+,40+/m1/s1. The first-order chi connectivity index (χ1) is 25.6. The number of Topliss-reactive ketones (excluding diaryl/α,β-unsaturated/α-hetero) is 1. The Morgan fingerprint density at radius 3 is 2.40 bits per heavy atom. The van der Waals surface area contributed by atoms with Crippen LogP contribution in [-0.2, 0) is 42.7 Å². The molecule has 10 bridgehead atoms. The number of carbonyl (C=O) groups excluding carboxylic acids is 1. The van der Waals surface area contributed by atoms with Crippen molar-refractivity contribution in [3.8, 4) is 0 Å². The van der Waals surface area contributed by atoms with E-state index in [9.17, 15) is 20.1 Å². The third kappa shape index (κ3) is 7.59. The van der Waals surface area contributed by atoms with Crippen molar-refractivity contribution in [2.45, 2.75) is 194 Å². The summed E-state index contributed by atoms with van der Waals surface area (Å²) >= 11 is 0. The Hall–Kier alpha value is -1.36. The molecule has 0 aromatic rings. The van der Waals surface area contributed by atoms with Crippen molar-refractivity contribution in [1.29, 1.82) is 0 Å². The zero-order valence-electron chi connectivity index (χ0n) is 31.6. The number of ketones is 1. The molecular weight excluding hydrogens is 686 g/mol. The van der Waals surface area contributed by atoms with Crippen LogP contribution < -0.4 is 0 Å². The van der Waals surface area contributed by atoms with Crippen molar-refractivity contribution in [3.63, 3.8) is 0 Å². The maximum absolute atomic E-state index is 14.0. The Balaban J connectivity index is 1.19. The molecule has 53 heavy (non-hydrogen) atoms. The molecule has 10 aliphatic heterocycles. The highest BCUT2D eigenvalue weighted by Crippen LogP contribution is 2.48. The van der Waals surface area contributed by atoms with E-state index in [0.717, 1.165) is 49.8 Å². The molecule has 0 amide bonds. The van der Waals surface area contributed by atoms with Crippen LogP contribution in [0.5, 0.6) is 0 Å². The van der Waals surface area contributed by atoms with E-state index in [1.807, 2.05) is 0 Å². The highest BCUT2D eigenvalue weighted by Gasteiger charge is 2.60. The number of hydrogen-bond acceptors (Lipinski definition) is 13. The van der Waals surface area contributed by atoms with Gasteiger partial charge in [-0.15, -0.1) is 0 Å². The van der Waals surface area contributed by atoms with Crippen molar-refractivity contribution >= 4 is 11.5 Å². The van der Waals surface area contributed by atoms with Gasteiger partial charge in [-0.1, -0.05) is 13.5 Å². The summed E-state index contributed by atoms with van der Waals surface area (Å²) in [6, 6.07) is 0. The van der Waals surface area contributed by atoms with E-state index in [0.29, 0.717) is 32.1 Å². The lowest BCUT2D eigenvalue weighted by Gasteiger charge is -2.54. The minimum atomic E-state index is -1.22. The SMILES string of the molecule is C=C1C[C@@H]2CC[C@@H]3C[C@@H](O)[C@H](O3)[C@H]3C[C@@H](OC)[C@]45N=C6[C@H](C)C[C@H](CC[C@@H]1O2)O[C@@H]6C[C@@H]1O[C@H](C[C@H](O)CO)[C@H](OC)[C@H]1CC(=O)C[C@@H](CC[C@@H]4O3)O5. The fraction of sp³-hybridized carbons (Fsp3) is 0.900. The molecule has 3 N–H and O–H groups in total. The fourth-order valence-corrected chi connectivity index (χ4v) is 11.1. The van der Waals surface area contributed by atoms with E-state index in [2.05, 4.69) is 13.5 Å². The van der Waals surface area contributed by atoms with Crippen molar-refractivity contribution in [2.75, 3.05) is 20.8 Å². The van der Waals surface area contributed by atoms with Gasteiger partial charge in [0.2, 0.25) is 5.72 Å². The molecule has 0 unspecified atom stereocenters. The van der Waals surface area contributed by atoms with Gasteiger partial charge in [0, 0.05) is 64.4 Å². The highest BCUT2D eigenvalue weighted by molar-refractivity contribution is 5.92. The predicted octanol–water partition coefficient (Wildman–Crippen LogP) is 2.97. The minimum Gasteiger partial charge on any atom is -0.394 e. The van der Waals surface area contributed by atoms with Gasteiger partial charge < -0.3 is 53.2 Å². The first-order valence-corrected chi connectivity index (χ1v) is 20.3. The molecule has 18 atom stereocenters. The number of nitrogens with zero attached hydrogens (tertiary/aromatic N) is 1. The summed E-state index contributed by atoms with van der Waals surface area (Å²) in [6.45, 7) is 6.20. The molecule has 6 saturated heterocycles. The third-order valence-electron chi connectivity index (χ3n) is 13.6. The van der Waals surface area contributed by atoms with Gasteiger partial charge in [0.1, 0.15) is 24.1 Å². The number of fused-ring (bicyclic) bond motifs is 2. The Morgan fingerprint density at radius 2 is 1.60 bits per heavy atom. The van der Waals surface area contributed by atoms with Gasteiger partial charge in [-0.05, 0) is 62.9 Å². The molecule has 0 radical (unpaired) electrons. The summed E-state index contributed by atoms with van der Waals surface area (Å²) in [4.78, 5) is 19.6. The van der Waals surface area contributed by atoms with Crippen LogP contribution in [0.3, 0.4) is 0 Å². The number of rotatable bonds is 5. The van der Waals surface area contributed by atoms with Gasteiger partial charge in [-0.25, -0.2) is 0 Å². The summed E-state index contributed by atoms with van der Waals surface area (Å²) in [5.74, 6) is -0.195. The van der Waals surface area contributed by atoms with Gasteiger partial charge in [-0.2, -0.15) is 0 Å². The number of methoxy groups -OCH3 is 2. The Labute approximate surface area is 313 Å². The van der Waals surface area contributed by atoms with E-state index in [4.69, 9.17) is 42.9 Å². The van der Waals surface area contributed by atoms with Gasteiger partial charge in [-0.3, -0.25) is 9.79 Å². The second-order valence-corrected chi connectivity index (χ2v) is 17.2. The largest absolute Gasteiger partial charge is 0.394 e. The van der Waals surface area contributed by atoms with Gasteiger partial charge in [0.15, 0.2) is 0 Å². The second kappa shape index (κ2) is 15.9. The van der Waals surface area contributed by atoms with E-state index in [-0.39, 0.29) is 67.9 Å². The van der Waals surface area contributed by atoms with E-state index in [1.54, 1.807) is 14.2 Å². The lowest BCUT2D eigenvalue weighted by molar-refractivity contribution is -0.299. The predicted molar refractivity (Wildman–Crippen MR) is 190 cm³/mol. The molecule has 0 aromatic heterocycles. The van der Waals surface area contributed by atoms with E-state index in [1.165, 1.54) is 0 Å². The van der Waals surface area contributed by atoms with Crippen molar-refractivity contribution in [3.05, 3.63) is 12.2 Å². The number of aliphatic hydroxyl groups is 3. The maximum Gasteiger partial charge on any atom is 0.211 e. The summed E-state index contributed by atoms with van der Waals surface area (Å²) in [5.41, 5.74) is 0.765. The maximum atomic E-state index is 14.0. The molecule has 10 aliphatic rings. The van der Waals surface area contributed by atoms with Crippen LogP contribution >= 0.6 is 0 Å². The molecular formula is C40H61NO12. The Kier molecular flexibility index (Phi) is 11.5. The number of carbonyl (C=O) groups is 1. The molecule has 0 saturated carbocycles. The van der Waals surface area contributed by atoms with Gasteiger partial charge in [0.05, 0.1) is 79.9 Å². The average Bonchev–Trinajstić information content (AvgIpc) is 3.79.